The molecule has 2 saturated carbocycles. The van der Waals surface area contributed by atoms with E-state index in [0.717, 1.165) is 40.2 Å². The quantitative estimate of drug-likeness (QED) is 0.163. The summed E-state index contributed by atoms with van der Waals surface area (Å²) in [6, 6.07) is 17.5. The molecular weight excluding hydrogens is 598 g/mol. The Balaban J connectivity index is 0.000000147. The van der Waals surface area contributed by atoms with Crippen molar-refractivity contribution in [2.24, 2.45) is 25.9 Å². The van der Waals surface area contributed by atoms with Gasteiger partial charge in [-0.05, 0) is 85.7 Å². The first-order valence-corrected chi connectivity index (χ1v) is 16.0. The summed E-state index contributed by atoms with van der Waals surface area (Å²) in [5.74, 6) is 0.715. The first kappa shape index (κ1) is 29.9. The van der Waals surface area contributed by atoms with Crippen LogP contribution in [0, 0.1) is 18.8 Å². The zero-order valence-corrected chi connectivity index (χ0v) is 27.4. The zero-order valence-electron chi connectivity index (χ0n) is 26.6. The maximum Gasteiger partial charge on any atom is 0.268 e. The lowest BCUT2D eigenvalue weighted by atomic mass is 10.1. The third-order valence-electron chi connectivity index (χ3n) is 9.71. The van der Waals surface area contributed by atoms with Gasteiger partial charge in [-0.15, -0.1) is 0 Å². The van der Waals surface area contributed by atoms with Crippen LogP contribution in [0.5, 0.6) is 0 Å². The van der Waals surface area contributed by atoms with Crippen molar-refractivity contribution in [2.45, 2.75) is 44.7 Å². The van der Waals surface area contributed by atoms with Crippen LogP contribution in [0.4, 0.5) is 0 Å². The van der Waals surface area contributed by atoms with E-state index in [9.17, 15) is 9.59 Å². The van der Waals surface area contributed by atoms with Gasteiger partial charge < -0.3 is 25.2 Å². The number of amides is 2. The Morgan fingerprint density at radius 1 is 0.826 bits per heavy atom. The highest BCUT2D eigenvalue weighted by molar-refractivity contribution is 6.31. The number of nitrogens with zero attached hydrogens (tertiary/aromatic N) is 3. The summed E-state index contributed by atoms with van der Waals surface area (Å²) in [6.45, 7) is 6.37. The fraction of sp³-hybridized carbons (Fsp3) is 0.306. The number of aryl methyl sites for hydroxylation is 3. The molecule has 2 amide bonds. The molecule has 0 unspecified atom stereocenters. The van der Waals surface area contributed by atoms with Crippen molar-refractivity contribution in [3.63, 3.8) is 0 Å². The lowest BCUT2D eigenvalue weighted by molar-refractivity contribution is 0.0914. The Kier molecular flexibility index (Phi) is 7.12. The molecule has 46 heavy (non-hydrogen) atoms. The number of carbonyl (C=O) groups is 2. The molecule has 2 aliphatic carbocycles. The number of carbonyl (C=O) groups excluding carboxylic acids is 2. The van der Waals surface area contributed by atoms with Crippen LogP contribution in [-0.4, -0.2) is 36.1 Å². The summed E-state index contributed by atoms with van der Waals surface area (Å²) in [6.07, 6.45) is 9.84. The molecule has 4 aromatic heterocycles. The summed E-state index contributed by atoms with van der Waals surface area (Å²) in [4.78, 5) is 31.8. The highest BCUT2D eigenvalue weighted by Gasteiger charge is 2.55. The zero-order chi connectivity index (χ0) is 32.4. The van der Waals surface area contributed by atoms with Gasteiger partial charge in [-0.25, -0.2) is 0 Å². The van der Waals surface area contributed by atoms with Crippen LogP contribution in [0.25, 0.3) is 21.8 Å². The van der Waals surface area contributed by atoms with Gasteiger partial charge in [0.1, 0.15) is 11.4 Å². The summed E-state index contributed by atoms with van der Waals surface area (Å²) in [5, 5.41) is 13.4. The van der Waals surface area contributed by atoms with Gasteiger partial charge in [-0.3, -0.25) is 14.3 Å². The van der Waals surface area contributed by atoms with Gasteiger partial charge in [-0.2, -0.15) is 5.10 Å². The SMILES string of the molecule is C[C@H]1C[C@@]1(NC(=O)c1cc2cc(Cl)ccc2[nH]1)c1ccn(C)c1.Cc1ccc2[nH]c(C(=O)N[C@]3(c4cnn(C)c4)C[C@H]3C)cc2c1. The highest BCUT2D eigenvalue weighted by atomic mass is 35.5. The predicted octanol–water partition coefficient (Wildman–Crippen LogP) is 6.70. The van der Waals surface area contributed by atoms with Crippen LogP contribution in [0.15, 0.2) is 79.4 Å². The van der Waals surface area contributed by atoms with Gasteiger partial charge in [0.25, 0.3) is 11.8 Å². The van der Waals surface area contributed by atoms with E-state index < -0.39 is 0 Å². The first-order valence-electron chi connectivity index (χ1n) is 15.6. The maximum absolute atomic E-state index is 12.7. The number of hydrogen-bond acceptors (Lipinski definition) is 3. The van der Waals surface area contributed by atoms with Crippen LogP contribution in [0.1, 0.15) is 64.4 Å². The molecule has 2 aliphatic rings. The van der Waals surface area contributed by atoms with E-state index in [1.165, 1.54) is 11.1 Å². The normalized spacial score (nSPS) is 23.2. The second-order valence-electron chi connectivity index (χ2n) is 13.2. The second kappa shape index (κ2) is 10.9. The molecule has 0 aliphatic heterocycles. The Bertz CT molecular complexity index is 1970. The number of rotatable bonds is 6. The third-order valence-corrected chi connectivity index (χ3v) is 9.94. The van der Waals surface area contributed by atoms with Crippen molar-refractivity contribution in [2.75, 3.05) is 0 Å². The van der Waals surface area contributed by atoms with E-state index >= 15 is 0 Å². The number of nitrogens with one attached hydrogen (secondary N) is 4. The summed E-state index contributed by atoms with van der Waals surface area (Å²) in [7, 11) is 3.89. The van der Waals surface area contributed by atoms with Crippen LogP contribution in [-0.2, 0) is 25.2 Å². The van der Waals surface area contributed by atoms with Crippen molar-refractivity contribution in [3.8, 4) is 0 Å². The van der Waals surface area contributed by atoms with Gasteiger partial charge in [0.15, 0.2) is 0 Å². The molecule has 8 rings (SSSR count). The Labute approximate surface area is 272 Å². The van der Waals surface area contributed by atoms with Gasteiger partial charge in [-0.1, -0.05) is 37.1 Å². The molecule has 0 saturated heterocycles. The topological polar surface area (TPSA) is 113 Å². The Morgan fingerprint density at radius 2 is 1.39 bits per heavy atom. The van der Waals surface area contributed by atoms with Crippen molar-refractivity contribution in [3.05, 3.63) is 112 Å². The number of hydrogen-bond donors (Lipinski definition) is 4. The van der Waals surface area contributed by atoms with E-state index in [1.807, 2.05) is 79.7 Å². The van der Waals surface area contributed by atoms with Crippen molar-refractivity contribution < 1.29 is 9.59 Å². The number of halogens is 1. The number of benzene rings is 2. The lowest BCUT2D eigenvalue weighted by Crippen LogP contribution is -2.36. The molecular formula is C36H38ClN7O2. The average Bonchev–Trinajstić information content (AvgIpc) is 3.49. The molecule has 4 N–H and O–H groups in total. The molecule has 10 heteroatoms. The fourth-order valence-corrected chi connectivity index (χ4v) is 6.89. The van der Waals surface area contributed by atoms with E-state index in [2.05, 4.69) is 64.8 Å². The third kappa shape index (κ3) is 5.38. The molecule has 0 bridgehead atoms. The first-order chi connectivity index (χ1) is 22.0. The highest BCUT2D eigenvalue weighted by Crippen LogP contribution is 2.52. The number of aromatic nitrogens is 5. The van der Waals surface area contributed by atoms with Crippen LogP contribution in [0.2, 0.25) is 5.02 Å². The summed E-state index contributed by atoms with van der Waals surface area (Å²) < 4.78 is 3.79. The summed E-state index contributed by atoms with van der Waals surface area (Å²) >= 11 is 6.01. The molecule has 6 aromatic rings. The second-order valence-corrected chi connectivity index (χ2v) is 13.7. The van der Waals surface area contributed by atoms with Gasteiger partial charge in [0.05, 0.1) is 17.3 Å². The Morgan fingerprint density at radius 3 is 1.91 bits per heavy atom. The van der Waals surface area contributed by atoms with Crippen molar-refractivity contribution in [1.82, 2.24) is 34.9 Å². The molecule has 9 nitrogen and oxygen atoms in total. The predicted molar refractivity (Wildman–Crippen MR) is 181 cm³/mol. The monoisotopic (exact) mass is 635 g/mol. The molecule has 0 spiro atoms. The molecule has 2 aromatic carbocycles. The standard InChI is InChI=1S/C18H18ClN3O.C18H20N4O/c1-11-9-18(11,13-5-6-22(2)10-13)21-17(23)16-8-12-7-14(19)3-4-15(12)20-16;1-11-4-5-15-13(6-11)7-16(20-15)17(23)21-18(8-12(18)2)14-9-19-22(3)10-14/h3-8,10-11,20H,9H2,1-2H3,(H,21,23);4-7,9-10,12,20H,8H2,1-3H3,(H,21,23)/t11-,18-;12-,18-/m01/s1. The van der Waals surface area contributed by atoms with Crippen LogP contribution >= 0.6 is 11.6 Å². The number of fused-ring (bicyclic) bond motifs is 2. The van der Waals surface area contributed by atoms with Crippen LogP contribution < -0.4 is 10.6 Å². The van der Waals surface area contributed by atoms with Crippen molar-refractivity contribution >= 4 is 45.2 Å². The number of H-pyrrole nitrogens is 2. The minimum atomic E-state index is -0.279. The molecule has 4 atom stereocenters. The van der Waals surface area contributed by atoms with E-state index in [0.29, 0.717) is 28.2 Å². The fourth-order valence-electron chi connectivity index (χ4n) is 6.70. The molecule has 4 heterocycles. The average molecular weight is 636 g/mol. The smallest absolute Gasteiger partial charge is 0.268 e. The van der Waals surface area contributed by atoms with Gasteiger partial charge >= 0.3 is 0 Å². The largest absolute Gasteiger partial charge is 0.357 e. The lowest BCUT2D eigenvalue weighted by Gasteiger charge is -2.17. The van der Waals surface area contributed by atoms with E-state index in [-0.39, 0.29) is 22.9 Å². The van der Waals surface area contributed by atoms with E-state index in [1.54, 1.807) is 4.68 Å². The van der Waals surface area contributed by atoms with Gasteiger partial charge in [0.2, 0.25) is 0 Å². The molecule has 0 radical (unpaired) electrons. The summed E-state index contributed by atoms with van der Waals surface area (Å²) in [5.41, 5.74) is 5.98. The van der Waals surface area contributed by atoms with Gasteiger partial charge in [0, 0.05) is 65.1 Å². The minimum Gasteiger partial charge on any atom is -0.357 e. The maximum atomic E-state index is 12.7. The Hall–Kier alpha value is -4.76. The number of aromatic amines is 2. The molecule has 236 valence electrons. The van der Waals surface area contributed by atoms with Crippen molar-refractivity contribution in [1.29, 1.82) is 0 Å². The van der Waals surface area contributed by atoms with Crippen LogP contribution in [0.3, 0.4) is 0 Å². The van der Waals surface area contributed by atoms with E-state index in [4.69, 9.17) is 11.6 Å². The minimum absolute atomic E-state index is 0.0629. The molecule has 2 fully saturated rings.